The van der Waals surface area contributed by atoms with Crippen LogP contribution in [-0.2, 0) is 12.6 Å². The molecule has 0 saturated heterocycles. The number of carbonyl (C=O) groups is 1. The fraction of sp³-hybridized carbons (Fsp3) is 0.345. The minimum atomic E-state index is -4.60. The maximum absolute atomic E-state index is 13.9. The molecule has 0 heterocycles. The van der Waals surface area contributed by atoms with E-state index in [0.717, 1.165) is 48.6 Å². The van der Waals surface area contributed by atoms with E-state index >= 15 is 0 Å². The lowest BCUT2D eigenvalue weighted by Gasteiger charge is -2.30. The second kappa shape index (κ2) is 10.0. The standard InChI is InChI=1S/C29H29F3O2/c1-3-19-8-4-5-13-25(19)28(33)26-18-23(14-15-27(26)29(30,31)32)21-10-6-9-20(16-21)22-11-7-12-24(17-22)34-2/h4-5,7-8,11-15,17-18,20-21H,3,6,9-10,16H2,1-2H3. The third kappa shape index (κ3) is 5.03. The molecule has 1 saturated carbocycles. The van der Waals surface area contributed by atoms with E-state index in [1.807, 2.05) is 25.1 Å². The summed E-state index contributed by atoms with van der Waals surface area (Å²) in [4.78, 5) is 13.4. The summed E-state index contributed by atoms with van der Waals surface area (Å²) in [6.45, 7) is 1.90. The van der Waals surface area contributed by atoms with E-state index in [9.17, 15) is 18.0 Å². The molecule has 0 aliphatic heterocycles. The zero-order chi connectivity index (χ0) is 24.3. The van der Waals surface area contributed by atoms with Gasteiger partial charge in [0.1, 0.15) is 5.75 Å². The van der Waals surface area contributed by atoms with Crippen LogP contribution >= 0.6 is 0 Å². The van der Waals surface area contributed by atoms with Crippen LogP contribution in [0.25, 0.3) is 0 Å². The second-order valence-corrected chi connectivity index (χ2v) is 8.98. The number of halogens is 3. The van der Waals surface area contributed by atoms with Gasteiger partial charge in [-0.2, -0.15) is 13.2 Å². The molecule has 4 rings (SSSR count). The molecular formula is C29H29F3O2. The fourth-order valence-electron chi connectivity index (χ4n) is 5.14. The summed E-state index contributed by atoms with van der Waals surface area (Å²) in [5.74, 6) is 0.639. The topological polar surface area (TPSA) is 26.3 Å². The van der Waals surface area contributed by atoms with Gasteiger partial charge in [-0.05, 0) is 78.5 Å². The van der Waals surface area contributed by atoms with Crippen LogP contribution in [0.3, 0.4) is 0 Å². The number of ether oxygens (including phenoxy) is 1. The first kappa shape index (κ1) is 24.1. The van der Waals surface area contributed by atoms with Crippen molar-refractivity contribution < 1.29 is 22.7 Å². The summed E-state index contributed by atoms with van der Waals surface area (Å²) in [7, 11) is 1.64. The van der Waals surface area contributed by atoms with E-state index in [4.69, 9.17) is 4.74 Å². The lowest BCUT2D eigenvalue weighted by atomic mass is 9.74. The minimum Gasteiger partial charge on any atom is -0.497 e. The average Bonchev–Trinajstić information content (AvgIpc) is 2.87. The highest BCUT2D eigenvalue weighted by molar-refractivity contribution is 6.11. The average molecular weight is 467 g/mol. The van der Waals surface area contributed by atoms with Gasteiger partial charge in [0.15, 0.2) is 5.78 Å². The van der Waals surface area contributed by atoms with Crippen molar-refractivity contribution in [1.29, 1.82) is 0 Å². The second-order valence-electron chi connectivity index (χ2n) is 8.98. The van der Waals surface area contributed by atoms with Gasteiger partial charge < -0.3 is 4.74 Å². The third-order valence-corrected chi connectivity index (χ3v) is 6.95. The van der Waals surface area contributed by atoms with Crippen molar-refractivity contribution in [3.8, 4) is 5.75 Å². The molecule has 0 spiro atoms. The molecule has 1 aliphatic carbocycles. The lowest BCUT2D eigenvalue weighted by molar-refractivity contribution is -0.137. The SMILES string of the molecule is CCc1ccccc1C(=O)c1cc(C2CCCC(c3cccc(OC)c3)C2)ccc1C(F)(F)F. The van der Waals surface area contributed by atoms with Gasteiger partial charge in [0.2, 0.25) is 0 Å². The highest BCUT2D eigenvalue weighted by atomic mass is 19.4. The Labute approximate surface area is 198 Å². The predicted octanol–water partition coefficient (Wildman–Crippen LogP) is 7.95. The summed E-state index contributed by atoms with van der Waals surface area (Å²) >= 11 is 0. The fourth-order valence-corrected chi connectivity index (χ4v) is 5.14. The summed E-state index contributed by atoms with van der Waals surface area (Å²) in [6.07, 6.45) is -0.285. The summed E-state index contributed by atoms with van der Waals surface area (Å²) < 4.78 is 47.0. The maximum atomic E-state index is 13.9. The zero-order valence-electron chi connectivity index (χ0n) is 19.5. The first-order chi connectivity index (χ1) is 16.3. The summed E-state index contributed by atoms with van der Waals surface area (Å²) in [5, 5.41) is 0. The van der Waals surface area contributed by atoms with Gasteiger partial charge >= 0.3 is 6.18 Å². The molecule has 34 heavy (non-hydrogen) atoms. The molecule has 5 heteroatoms. The Morgan fingerprint density at radius 1 is 0.912 bits per heavy atom. The molecule has 0 aromatic heterocycles. The number of carbonyl (C=O) groups excluding carboxylic acids is 1. The molecule has 0 radical (unpaired) electrons. The van der Waals surface area contributed by atoms with E-state index in [-0.39, 0.29) is 11.5 Å². The molecule has 0 bridgehead atoms. The van der Waals surface area contributed by atoms with Crippen LogP contribution in [-0.4, -0.2) is 12.9 Å². The van der Waals surface area contributed by atoms with Crippen LogP contribution in [0.4, 0.5) is 13.2 Å². The Balaban J connectivity index is 1.70. The third-order valence-electron chi connectivity index (χ3n) is 6.95. The van der Waals surface area contributed by atoms with Crippen molar-refractivity contribution in [2.75, 3.05) is 7.11 Å². The maximum Gasteiger partial charge on any atom is 0.417 e. The molecule has 0 N–H and O–H groups in total. The highest BCUT2D eigenvalue weighted by Gasteiger charge is 2.36. The van der Waals surface area contributed by atoms with E-state index in [1.165, 1.54) is 11.6 Å². The number of ketones is 1. The zero-order valence-corrected chi connectivity index (χ0v) is 19.5. The molecule has 1 fully saturated rings. The van der Waals surface area contributed by atoms with Crippen LogP contribution in [0.1, 0.15) is 82.6 Å². The van der Waals surface area contributed by atoms with Crippen molar-refractivity contribution in [3.05, 3.63) is 100 Å². The first-order valence-corrected chi connectivity index (χ1v) is 11.8. The molecule has 178 valence electrons. The monoisotopic (exact) mass is 466 g/mol. The quantitative estimate of drug-likeness (QED) is 0.345. The van der Waals surface area contributed by atoms with Gasteiger partial charge in [0.25, 0.3) is 0 Å². The molecule has 0 amide bonds. The van der Waals surface area contributed by atoms with Gasteiger partial charge in [-0.3, -0.25) is 4.79 Å². The lowest BCUT2D eigenvalue weighted by Crippen LogP contribution is -2.18. The predicted molar refractivity (Wildman–Crippen MR) is 128 cm³/mol. The van der Waals surface area contributed by atoms with Crippen molar-refractivity contribution in [2.24, 2.45) is 0 Å². The van der Waals surface area contributed by atoms with E-state index in [2.05, 4.69) is 6.07 Å². The highest BCUT2D eigenvalue weighted by Crippen LogP contribution is 2.43. The number of methoxy groups -OCH3 is 1. The number of aryl methyl sites for hydroxylation is 1. The number of rotatable bonds is 6. The minimum absolute atomic E-state index is 0.0974. The number of alkyl halides is 3. The van der Waals surface area contributed by atoms with Gasteiger partial charge in [-0.25, -0.2) is 0 Å². The molecular weight excluding hydrogens is 437 g/mol. The van der Waals surface area contributed by atoms with Crippen LogP contribution in [0.15, 0.2) is 66.7 Å². The largest absolute Gasteiger partial charge is 0.497 e. The molecule has 1 aliphatic rings. The normalized spacial score (nSPS) is 18.5. The number of hydrogen-bond donors (Lipinski definition) is 0. The summed E-state index contributed by atoms with van der Waals surface area (Å²) in [6, 6.07) is 19.1. The molecule has 3 aromatic carbocycles. The van der Waals surface area contributed by atoms with Crippen LogP contribution in [0.2, 0.25) is 0 Å². The van der Waals surface area contributed by atoms with Crippen molar-refractivity contribution in [2.45, 2.75) is 57.0 Å². The van der Waals surface area contributed by atoms with E-state index in [0.29, 0.717) is 17.9 Å². The Bertz CT molecular complexity index is 1170. The van der Waals surface area contributed by atoms with Crippen molar-refractivity contribution >= 4 is 5.78 Å². The van der Waals surface area contributed by atoms with Crippen molar-refractivity contribution in [3.63, 3.8) is 0 Å². The molecule has 2 atom stereocenters. The Kier molecular flexibility index (Phi) is 7.11. The number of hydrogen-bond acceptors (Lipinski definition) is 2. The van der Waals surface area contributed by atoms with Gasteiger partial charge in [-0.15, -0.1) is 0 Å². The number of benzene rings is 3. The molecule has 2 nitrogen and oxygen atoms in total. The summed E-state index contributed by atoms with van der Waals surface area (Å²) in [5.41, 5.74) is 1.95. The Morgan fingerprint density at radius 2 is 1.62 bits per heavy atom. The van der Waals surface area contributed by atoms with E-state index in [1.54, 1.807) is 37.4 Å². The Hall–Kier alpha value is -3.08. The van der Waals surface area contributed by atoms with Crippen LogP contribution < -0.4 is 4.74 Å². The smallest absolute Gasteiger partial charge is 0.417 e. The van der Waals surface area contributed by atoms with E-state index < -0.39 is 17.5 Å². The first-order valence-electron chi connectivity index (χ1n) is 11.8. The van der Waals surface area contributed by atoms with Crippen molar-refractivity contribution in [1.82, 2.24) is 0 Å². The van der Waals surface area contributed by atoms with Gasteiger partial charge in [-0.1, -0.05) is 55.8 Å². The van der Waals surface area contributed by atoms with Gasteiger partial charge in [0, 0.05) is 11.1 Å². The van der Waals surface area contributed by atoms with Crippen LogP contribution in [0.5, 0.6) is 5.75 Å². The van der Waals surface area contributed by atoms with Gasteiger partial charge in [0.05, 0.1) is 12.7 Å². The molecule has 2 unspecified atom stereocenters. The Morgan fingerprint density at radius 3 is 2.29 bits per heavy atom. The molecule has 3 aromatic rings. The van der Waals surface area contributed by atoms with Crippen LogP contribution in [0, 0.1) is 0 Å².